The molecule has 5 heteroatoms. The Balaban J connectivity index is 1.92. The molecule has 2 N–H and O–H groups in total. The topological polar surface area (TPSA) is 58.0 Å². The number of fused-ring (bicyclic) bond motifs is 1. The zero-order valence-corrected chi connectivity index (χ0v) is 15.7. The SMILES string of the molecule is Cc1ccc(-c2c(C)sc3ncnc(Nc4ccccc4O)c23)cc1C. The number of anilines is 2. The highest BCUT2D eigenvalue weighted by Gasteiger charge is 2.17. The van der Waals surface area contributed by atoms with E-state index in [1.54, 1.807) is 29.8 Å². The number of nitrogens with zero attached hydrogens (tertiary/aromatic N) is 2. The standard InChI is InChI=1S/C21H19N3OS/c1-12-8-9-15(10-13(12)2)18-14(3)26-21-19(18)20(22-11-23-21)24-16-6-4-5-7-17(16)25/h4-11,25H,1-3H3,(H,22,23,24). The van der Waals surface area contributed by atoms with E-state index in [4.69, 9.17) is 0 Å². The maximum absolute atomic E-state index is 10.1. The van der Waals surface area contributed by atoms with Crippen LogP contribution in [-0.4, -0.2) is 15.1 Å². The van der Waals surface area contributed by atoms with E-state index in [0.29, 0.717) is 11.5 Å². The Kier molecular flexibility index (Phi) is 4.09. The number of aromatic nitrogens is 2. The van der Waals surface area contributed by atoms with Crippen LogP contribution in [-0.2, 0) is 0 Å². The predicted molar refractivity (Wildman–Crippen MR) is 108 cm³/mol. The number of phenols is 1. The Morgan fingerprint density at radius 2 is 1.77 bits per heavy atom. The summed E-state index contributed by atoms with van der Waals surface area (Å²) in [6.45, 7) is 6.35. The van der Waals surface area contributed by atoms with Crippen LogP contribution in [0.3, 0.4) is 0 Å². The molecule has 0 aliphatic rings. The van der Waals surface area contributed by atoms with E-state index in [1.165, 1.54) is 16.0 Å². The van der Waals surface area contributed by atoms with Gasteiger partial charge in [0.05, 0.1) is 11.1 Å². The fourth-order valence-electron chi connectivity index (χ4n) is 3.09. The Bertz CT molecular complexity index is 1120. The number of hydrogen-bond acceptors (Lipinski definition) is 5. The summed E-state index contributed by atoms with van der Waals surface area (Å²) in [5.74, 6) is 0.896. The van der Waals surface area contributed by atoms with E-state index >= 15 is 0 Å². The number of rotatable bonds is 3. The van der Waals surface area contributed by atoms with Gasteiger partial charge in [-0.15, -0.1) is 11.3 Å². The molecule has 2 heterocycles. The molecule has 0 amide bonds. The average Bonchev–Trinajstić information content (AvgIpc) is 2.96. The van der Waals surface area contributed by atoms with Gasteiger partial charge in [-0.25, -0.2) is 9.97 Å². The molecule has 0 aliphatic carbocycles. The molecule has 0 atom stereocenters. The van der Waals surface area contributed by atoms with Crippen LogP contribution in [0.1, 0.15) is 16.0 Å². The van der Waals surface area contributed by atoms with Crippen LogP contribution in [0.2, 0.25) is 0 Å². The lowest BCUT2D eigenvalue weighted by atomic mass is 9.99. The summed E-state index contributed by atoms with van der Waals surface area (Å²) in [6, 6.07) is 13.7. The van der Waals surface area contributed by atoms with Gasteiger partial charge in [0, 0.05) is 10.4 Å². The number of benzene rings is 2. The van der Waals surface area contributed by atoms with Crippen LogP contribution >= 0.6 is 11.3 Å². The number of aryl methyl sites for hydroxylation is 3. The third-order valence-electron chi connectivity index (χ3n) is 4.62. The van der Waals surface area contributed by atoms with Gasteiger partial charge < -0.3 is 10.4 Å². The van der Waals surface area contributed by atoms with Gasteiger partial charge in [-0.05, 0) is 49.6 Å². The molecule has 0 aliphatic heterocycles. The third kappa shape index (κ3) is 2.80. The summed E-state index contributed by atoms with van der Waals surface area (Å²) in [5.41, 5.74) is 5.46. The summed E-state index contributed by atoms with van der Waals surface area (Å²) in [5, 5.41) is 14.4. The predicted octanol–water partition coefficient (Wildman–Crippen LogP) is 5.73. The molecule has 4 aromatic rings. The van der Waals surface area contributed by atoms with Crippen molar-refractivity contribution >= 4 is 33.1 Å². The van der Waals surface area contributed by atoms with Crippen molar-refractivity contribution in [3.63, 3.8) is 0 Å². The summed E-state index contributed by atoms with van der Waals surface area (Å²) in [4.78, 5) is 11.0. The molecule has 0 saturated heterocycles. The lowest BCUT2D eigenvalue weighted by molar-refractivity contribution is 0.478. The van der Waals surface area contributed by atoms with Crippen LogP contribution in [0.15, 0.2) is 48.8 Å². The Morgan fingerprint density at radius 3 is 2.54 bits per heavy atom. The fourth-order valence-corrected chi connectivity index (χ4v) is 4.10. The van der Waals surface area contributed by atoms with Crippen molar-refractivity contribution in [2.75, 3.05) is 5.32 Å². The van der Waals surface area contributed by atoms with E-state index in [1.807, 2.05) is 12.1 Å². The van der Waals surface area contributed by atoms with E-state index < -0.39 is 0 Å². The first kappa shape index (κ1) is 16.5. The maximum atomic E-state index is 10.1. The largest absolute Gasteiger partial charge is 0.506 e. The second-order valence-corrected chi connectivity index (χ2v) is 7.58. The van der Waals surface area contributed by atoms with Crippen molar-refractivity contribution in [1.82, 2.24) is 9.97 Å². The highest BCUT2D eigenvalue weighted by atomic mass is 32.1. The molecule has 2 aromatic heterocycles. The van der Waals surface area contributed by atoms with E-state index in [-0.39, 0.29) is 5.75 Å². The molecule has 0 spiro atoms. The first-order valence-corrected chi connectivity index (χ1v) is 9.23. The fraction of sp³-hybridized carbons (Fsp3) is 0.143. The van der Waals surface area contributed by atoms with Gasteiger partial charge in [0.25, 0.3) is 0 Å². The first-order valence-electron chi connectivity index (χ1n) is 8.41. The van der Waals surface area contributed by atoms with Crippen LogP contribution in [0, 0.1) is 20.8 Å². The number of phenolic OH excluding ortho intramolecular Hbond substituents is 1. The van der Waals surface area contributed by atoms with Gasteiger partial charge in [0.1, 0.15) is 22.7 Å². The lowest BCUT2D eigenvalue weighted by Gasteiger charge is -2.11. The maximum Gasteiger partial charge on any atom is 0.143 e. The molecule has 4 rings (SSSR count). The van der Waals surface area contributed by atoms with Crippen molar-refractivity contribution in [1.29, 1.82) is 0 Å². The van der Waals surface area contributed by atoms with Crippen LogP contribution < -0.4 is 5.32 Å². The lowest BCUT2D eigenvalue weighted by Crippen LogP contribution is -1.96. The minimum atomic E-state index is 0.193. The zero-order valence-electron chi connectivity index (χ0n) is 14.9. The molecule has 0 fully saturated rings. The van der Waals surface area contributed by atoms with Gasteiger partial charge in [0.2, 0.25) is 0 Å². The highest BCUT2D eigenvalue weighted by Crippen LogP contribution is 2.41. The van der Waals surface area contributed by atoms with Gasteiger partial charge in [-0.3, -0.25) is 0 Å². The van der Waals surface area contributed by atoms with Gasteiger partial charge in [-0.1, -0.05) is 30.3 Å². The minimum absolute atomic E-state index is 0.193. The van der Waals surface area contributed by atoms with Crippen molar-refractivity contribution < 1.29 is 5.11 Å². The van der Waals surface area contributed by atoms with E-state index in [2.05, 4.69) is 54.3 Å². The molecule has 4 nitrogen and oxygen atoms in total. The van der Waals surface area contributed by atoms with Gasteiger partial charge in [-0.2, -0.15) is 0 Å². The Morgan fingerprint density at radius 1 is 0.962 bits per heavy atom. The number of thiophene rings is 1. The third-order valence-corrected chi connectivity index (χ3v) is 5.63. The van der Waals surface area contributed by atoms with E-state index in [0.717, 1.165) is 21.3 Å². The van der Waals surface area contributed by atoms with E-state index in [9.17, 15) is 5.11 Å². The normalized spacial score (nSPS) is 11.0. The number of para-hydroxylation sites is 2. The Hall–Kier alpha value is -2.92. The van der Waals surface area contributed by atoms with Crippen molar-refractivity contribution in [2.45, 2.75) is 20.8 Å². The molecule has 0 unspecified atom stereocenters. The van der Waals surface area contributed by atoms with Crippen LogP contribution in [0.5, 0.6) is 5.75 Å². The quantitative estimate of drug-likeness (QED) is 0.457. The molecule has 2 aromatic carbocycles. The van der Waals surface area contributed by atoms with Crippen molar-refractivity contribution in [2.24, 2.45) is 0 Å². The second-order valence-electron chi connectivity index (χ2n) is 6.38. The van der Waals surface area contributed by atoms with Crippen molar-refractivity contribution in [3.8, 4) is 16.9 Å². The molecular weight excluding hydrogens is 342 g/mol. The van der Waals surface area contributed by atoms with Gasteiger partial charge >= 0.3 is 0 Å². The summed E-state index contributed by atoms with van der Waals surface area (Å²) < 4.78 is 0. The smallest absolute Gasteiger partial charge is 0.143 e. The number of aromatic hydroxyl groups is 1. The molecule has 130 valence electrons. The van der Waals surface area contributed by atoms with Crippen molar-refractivity contribution in [3.05, 3.63) is 64.8 Å². The summed E-state index contributed by atoms with van der Waals surface area (Å²) in [7, 11) is 0. The summed E-state index contributed by atoms with van der Waals surface area (Å²) in [6.07, 6.45) is 1.56. The number of nitrogens with one attached hydrogen (secondary N) is 1. The summed E-state index contributed by atoms with van der Waals surface area (Å²) >= 11 is 1.66. The first-order chi connectivity index (χ1) is 12.5. The Labute approximate surface area is 156 Å². The molecular formula is C21H19N3OS. The van der Waals surface area contributed by atoms with Crippen LogP contribution in [0.4, 0.5) is 11.5 Å². The molecule has 0 radical (unpaired) electrons. The molecule has 26 heavy (non-hydrogen) atoms. The minimum Gasteiger partial charge on any atom is -0.506 e. The van der Waals surface area contributed by atoms with Gasteiger partial charge in [0.15, 0.2) is 0 Å². The monoisotopic (exact) mass is 361 g/mol. The zero-order chi connectivity index (χ0) is 18.3. The molecule has 0 bridgehead atoms. The number of hydrogen-bond donors (Lipinski definition) is 2. The second kappa shape index (κ2) is 6.42. The average molecular weight is 361 g/mol. The highest BCUT2D eigenvalue weighted by molar-refractivity contribution is 7.19. The van der Waals surface area contributed by atoms with Crippen LogP contribution in [0.25, 0.3) is 21.3 Å². The molecule has 0 saturated carbocycles.